The van der Waals surface area contributed by atoms with Crippen molar-refractivity contribution < 1.29 is 33.4 Å². The molecule has 1 aliphatic rings. The lowest BCUT2D eigenvalue weighted by molar-refractivity contribution is -0.122. The molecule has 0 saturated carbocycles. The van der Waals surface area contributed by atoms with Gasteiger partial charge >= 0.3 is 6.03 Å². The lowest BCUT2D eigenvalue weighted by Crippen LogP contribution is -2.54. The summed E-state index contributed by atoms with van der Waals surface area (Å²) in [6.45, 7) is 6.15. The van der Waals surface area contributed by atoms with E-state index in [1.807, 2.05) is 85.0 Å². The Labute approximate surface area is 285 Å². The summed E-state index contributed by atoms with van der Waals surface area (Å²) in [6, 6.07) is 24.2. The van der Waals surface area contributed by atoms with E-state index in [9.17, 15) is 19.2 Å². The third-order valence-corrected chi connectivity index (χ3v) is 8.03. The van der Waals surface area contributed by atoms with Crippen LogP contribution in [0.4, 0.5) is 16.2 Å². The number of carbonyl (C=O) groups excluding carboxylic acids is 4. The third-order valence-electron chi connectivity index (χ3n) is 7.23. The molecule has 0 bridgehead atoms. The molecule has 5 amide bonds. The van der Waals surface area contributed by atoms with Gasteiger partial charge in [-0.05, 0) is 120 Å². The van der Waals surface area contributed by atoms with Crippen molar-refractivity contribution in [3.8, 4) is 17.2 Å². The van der Waals surface area contributed by atoms with Crippen LogP contribution >= 0.6 is 22.6 Å². The number of urea groups is 1. The first kappa shape index (κ1) is 33.2. The van der Waals surface area contributed by atoms with Gasteiger partial charge in [-0.3, -0.25) is 19.7 Å². The molecule has 10 nitrogen and oxygen atoms in total. The summed E-state index contributed by atoms with van der Waals surface area (Å²) in [5.74, 6) is -0.730. The Balaban J connectivity index is 1.32. The Bertz CT molecular complexity index is 1860. The Morgan fingerprint density at radius 1 is 0.894 bits per heavy atom. The number of nitrogens with zero attached hydrogens (tertiary/aromatic N) is 1. The number of barbiturate groups is 1. The van der Waals surface area contributed by atoms with Gasteiger partial charge in [0.2, 0.25) is 0 Å². The molecular weight excluding hydrogens is 713 g/mol. The normalized spacial score (nSPS) is 13.7. The van der Waals surface area contributed by atoms with E-state index in [1.165, 1.54) is 6.08 Å². The van der Waals surface area contributed by atoms with Gasteiger partial charge in [0.15, 0.2) is 18.1 Å². The second-order valence-corrected chi connectivity index (χ2v) is 11.8. The van der Waals surface area contributed by atoms with Gasteiger partial charge in [-0.2, -0.15) is 0 Å². The SMILES string of the molecule is CCOc1cc(/C=C2/C(=O)NC(=O)N(c3ccc(OCc4ccccc4)cc3)C2=O)cc(I)c1OCC(=O)Nc1ccc(C)c(C)c1. The number of rotatable bonds is 11. The molecule has 4 aromatic carbocycles. The minimum Gasteiger partial charge on any atom is -0.490 e. The fraction of sp³-hybridized carbons (Fsp3) is 0.167. The van der Waals surface area contributed by atoms with Crippen molar-refractivity contribution in [2.24, 2.45) is 0 Å². The number of benzene rings is 4. The lowest BCUT2D eigenvalue weighted by Gasteiger charge is -2.26. The second kappa shape index (κ2) is 14.9. The molecule has 0 aromatic heterocycles. The quantitative estimate of drug-likeness (QED) is 0.101. The van der Waals surface area contributed by atoms with E-state index in [-0.39, 0.29) is 23.8 Å². The van der Waals surface area contributed by atoms with Crippen molar-refractivity contribution >= 4 is 63.8 Å². The minimum atomic E-state index is -0.859. The molecule has 1 saturated heterocycles. The number of halogens is 1. The highest BCUT2D eigenvalue weighted by Gasteiger charge is 2.37. The summed E-state index contributed by atoms with van der Waals surface area (Å²) in [5.41, 5.74) is 4.33. The fourth-order valence-electron chi connectivity index (χ4n) is 4.72. The van der Waals surface area contributed by atoms with Crippen LogP contribution in [0.3, 0.4) is 0 Å². The molecule has 0 atom stereocenters. The van der Waals surface area contributed by atoms with Gasteiger partial charge in [0.25, 0.3) is 17.7 Å². The first-order valence-corrected chi connectivity index (χ1v) is 15.8. The third kappa shape index (κ3) is 8.17. The molecule has 0 radical (unpaired) electrons. The molecule has 5 rings (SSSR count). The predicted octanol–water partition coefficient (Wildman–Crippen LogP) is 6.57. The van der Waals surface area contributed by atoms with Gasteiger partial charge in [0.05, 0.1) is 15.9 Å². The molecule has 2 N–H and O–H groups in total. The fourth-order valence-corrected chi connectivity index (χ4v) is 5.50. The lowest BCUT2D eigenvalue weighted by atomic mass is 10.1. The van der Waals surface area contributed by atoms with Crippen LogP contribution < -0.4 is 29.7 Å². The van der Waals surface area contributed by atoms with E-state index >= 15 is 0 Å². The molecule has 0 unspecified atom stereocenters. The van der Waals surface area contributed by atoms with Crippen LogP contribution in [0.1, 0.15) is 29.2 Å². The first-order valence-electron chi connectivity index (χ1n) is 14.8. The maximum Gasteiger partial charge on any atom is 0.335 e. The number of aryl methyl sites for hydroxylation is 2. The average Bonchev–Trinajstić information content (AvgIpc) is 3.04. The van der Waals surface area contributed by atoms with Gasteiger partial charge in [-0.1, -0.05) is 36.4 Å². The van der Waals surface area contributed by atoms with Gasteiger partial charge in [-0.15, -0.1) is 0 Å². The Kier molecular flexibility index (Phi) is 10.6. The van der Waals surface area contributed by atoms with E-state index < -0.39 is 17.8 Å². The van der Waals surface area contributed by atoms with Crippen LogP contribution in [0.2, 0.25) is 0 Å². The highest BCUT2D eigenvalue weighted by molar-refractivity contribution is 14.1. The van der Waals surface area contributed by atoms with Gasteiger partial charge in [0, 0.05) is 5.69 Å². The first-order chi connectivity index (χ1) is 22.6. The average molecular weight is 746 g/mol. The zero-order valence-electron chi connectivity index (χ0n) is 26.0. The molecule has 4 aromatic rings. The molecule has 1 heterocycles. The molecule has 0 aliphatic carbocycles. The zero-order chi connectivity index (χ0) is 33.5. The highest BCUT2D eigenvalue weighted by Crippen LogP contribution is 2.35. The molecule has 11 heteroatoms. The summed E-state index contributed by atoms with van der Waals surface area (Å²) in [5, 5.41) is 5.07. The van der Waals surface area contributed by atoms with Crippen molar-refractivity contribution in [3.05, 3.63) is 116 Å². The van der Waals surface area contributed by atoms with Crippen molar-refractivity contribution in [2.75, 3.05) is 23.4 Å². The van der Waals surface area contributed by atoms with Gasteiger partial charge in [0.1, 0.15) is 17.9 Å². The van der Waals surface area contributed by atoms with Crippen LogP contribution in [0.25, 0.3) is 6.08 Å². The Hall–Kier alpha value is -5.17. The van der Waals surface area contributed by atoms with Gasteiger partial charge in [-0.25, -0.2) is 9.69 Å². The molecule has 0 spiro atoms. The van der Waals surface area contributed by atoms with Gasteiger partial charge < -0.3 is 19.5 Å². The van der Waals surface area contributed by atoms with E-state index in [1.54, 1.807) is 43.3 Å². The van der Waals surface area contributed by atoms with Crippen molar-refractivity contribution in [1.29, 1.82) is 0 Å². The second-order valence-electron chi connectivity index (χ2n) is 10.6. The van der Waals surface area contributed by atoms with Crippen molar-refractivity contribution in [1.82, 2.24) is 5.32 Å². The number of ether oxygens (including phenoxy) is 3. The summed E-state index contributed by atoms with van der Waals surface area (Å²) >= 11 is 2.04. The molecule has 240 valence electrons. The Morgan fingerprint density at radius 2 is 1.64 bits per heavy atom. The van der Waals surface area contributed by atoms with Crippen molar-refractivity contribution in [2.45, 2.75) is 27.4 Å². The maximum absolute atomic E-state index is 13.5. The maximum atomic E-state index is 13.5. The smallest absolute Gasteiger partial charge is 0.335 e. The predicted molar refractivity (Wildman–Crippen MR) is 187 cm³/mol. The molecule has 1 aliphatic heterocycles. The number of hydrogen-bond donors (Lipinski definition) is 2. The van der Waals surface area contributed by atoms with Crippen LogP contribution in [-0.4, -0.2) is 37.0 Å². The van der Waals surface area contributed by atoms with Crippen LogP contribution in [0.5, 0.6) is 17.2 Å². The highest BCUT2D eigenvalue weighted by atomic mass is 127. The Morgan fingerprint density at radius 3 is 2.34 bits per heavy atom. The summed E-state index contributed by atoms with van der Waals surface area (Å²) < 4.78 is 18.1. The zero-order valence-corrected chi connectivity index (χ0v) is 28.1. The monoisotopic (exact) mass is 745 g/mol. The molecule has 1 fully saturated rings. The number of carbonyl (C=O) groups is 4. The minimum absolute atomic E-state index is 0.242. The summed E-state index contributed by atoms with van der Waals surface area (Å²) in [7, 11) is 0. The number of nitrogens with one attached hydrogen (secondary N) is 2. The number of imide groups is 2. The standard InChI is InChI=1S/C36H32IN3O7/c1-4-45-31-19-25(18-30(37)33(31)47-21-32(41)38-26-11-10-22(2)23(3)16-26)17-29-34(42)39-36(44)40(35(29)43)27-12-14-28(15-13-27)46-20-24-8-6-5-7-9-24/h5-19H,4,20-21H2,1-3H3,(H,38,41)(H,39,42,44)/b29-17-. The summed E-state index contributed by atoms with van der Waals surface area (Å²) in [4.78, 5) is 52.7. The summed E-state index contributed by atoms with van der Waals surface area (Å²) in [6.07, 6.45) is 1.38. The number of amides is 5. The van der Waals surface area contributed by atoms with Crippen LogP contribution in [0, 0.1) is 17.4 Å². The number of anilines is 2. The van der Waals surface area contributed by atoms with Crippen LogP contribution in [0.15, 0.2) is 90.5 Å². The molecule has 47 heavy (non-hydrogen) atoms. The van der Waals surface area contributed by atoms with E-state index in [4.69, 9.17) is 14.2 Å². The number of hydrogen-bond acceptors (Lipinski definition) is 7. The van der Waals surface area contributed by atoms with E-state index in [0.29, 0.717) is 45.3 Å². The topological polar surface area (TPSA) is 123 Å². The van der Waals surface area contributed by atoms with Crippen molar-refractivity contribution in [3.63, 3.8) is 0 Å². The molecular formula is C36H32IN3O7. The largest absolute Gasteiger partial charge is 0.490 e. The van der Waals surface area contributed by atoms with Crippen LogP contribution in [-0.2, 0) is 21.0 Å². The van der Waals surface area contributed by atoms with E-state index in [2.05, 4.69) is 10.6 Å². The van der Waals surface area contributed by atoms with E-state index in [0.717, 1.165) is 21.6 Å².